The molecule has 0 radical (unpaired) electrons. The number of carbonyl (C=O) groups is 4. The van der Waals surface area contributed by atoms with Gasteiger partial charge in [0.1, 0.15) is 0 Å². The number of rotatable bonds is 12. The lowest BCUT2D eigenvalue weighted by Gasteiger charge is -2.35. The van der Waals surface area contributed by atoms with Crippen molar-refractivity contribution >= 4 is 90.2 Å². The highest BCUT2D eigenvalue weighted by molar-refractivity contribution is 9.10. The summed E-state index contributed by atoms with van der Waals surface area (Å²) in [6.45, 7) is 7.32. The van der Waals surface area contributed by atoms with Gasteiger partial charge < -0.3 is 29.1 Å². The van der Waals surface area contributed by atoms with Gasteiger partial charge in [0.15, 0.2) is 12.2 Å². The highest BCUT2D eigenvalue weighted by atomic mass is 79.9. The molecular formula is C36H44Br2Cl2N4O6. The molecule has 2 aliphatic rings. The van der Waals surface area contributed by atoms with Crippen LogP contribution in [0.3, 0.4) is 0 Å². The van der Waals surface area contributed by atoms with Gasteiger partial charge in [-0.3, -0.25) is 9.59 Å². The number of likely N-dealkylation sites (tertiary alicyclic amines) is 2. The number of halogens is 4. The summed E-state index contributed by atoms with van der Waals surface area (Å²) >= 11 is 19.4. The molecule has 10 nitrogen and oxygen atoms in total. The number of likely N-dealkylation sites (N-methyl/N-ethyl adjacent to an activating group) is 2. The Bertz CT molecular complexity index is 1450. The van der Waals surface area contributed by atoms with E-state index >= 15 is 0 Å². The maximum Gasteiger partial charge on any atom is 0.331 e. The summed E-state index contributed by atoms with van der Waals surface area (Å²) in [5.41, 5.74) is 1.16. The Morgan fingerprint density at radius 3 is 1.36 bits per heavy atom. The van der Waals surface area contributed by atoms with Crippen molar-refractivity contribution in [3.8, 4) is 0 Å². The van der Waals surface area contributed by atoms with Crippen LogP contribution in [0.1, 0.15) is 39.5 Å². The topological polar surface area (TPSA) is 99.7 Å². The molecule has 0 N–H and O–H groups in total. The minimum absolute atomic E-state index is 0.221. The fourth-order valence-corrected chi connectivity index (χ4v) is 7.21. The maximum absolute atomic E-state index is 14.0. The van der Waals surface area contributed by atoms with E-state index in [0.717, 1.165) is 38.3 Å². The SMILES string of the molecule is CCN(C(=O)C(OC(=O)/C=C/C(=O)OC(C(=O)N(CC)c1ccc(Br)c(Cl)c1)C1CCN(C)CC1)C1CCN(C)CC1)c1ccc(Br)c(Cl)c1. The maximum atomic E-state index is 14.0. The van der Waals surface area contributed by atoms with Crippen LogP contribution in [0.25, 0.3) is 0 Å². The number of anilines is 2. The number of hydrogen-bond donors (Lipinski definition) is 0. The molecule has 2 aromatic carbocycles. The smallest absolute Gasteiger partial charge is 0.331 e. The summed E-state index contributed by atoms with van der Waals surface area (Å²) in [4.78, 5) is 61.9. The van der Waals surface area contributed by atoms with E-state index in [4.69, 9.17) is 32.7 Å². The second-order valence-corrected chi connectivity index (χ2v) is 15.2. The molecule has 0 aliphatic carbocycles. The Morgan fingerprint density at radius 1 is 0.720 bits per heavy atom. The van der Waals surface area contributed by atoms with Gasteiger partial charge in [-0.15, -0.1) is 0 Å². The zero-order valence-corrected chi connectivity index (χ0v) is 33.4. The highest BCUT2D eigenvalue weighted by Gasteiger charge is 2.38. The minimum atomic E-state index is -1.08. The minimum Gasteiger partial charge on any atom is -0.449 e. The number of carbonyl (C=O) groups excluding carboxylic acids is 4. The number of ether oxygens (including phenoxy) is 2. The first-order chi connectivity index (χ1) is 23.8. The normalized spacial score (nSPS) is 17.7. The van der Waals surface area contributed by atoms with Crippen molar-refractivity contribution in [2.75, 3.05) is 63.2 Å². The molecule has 4 rings (SSSR count). The molecule has 0 spiro atoms. The van der Waals surface area contributed by atoms with E-state index in [1.165, 1.54) is 0 Å². The number of nitrogens with zero attached hydrogens (tertiary/aromatic N) is 4. The number of esters is 2. The first kappa shape index (κ1) is 40.3. The largest absolute Gasteiger partial charge is 0.449 e. The second-order valence-electron chi connectivity index (χ2n) is 12.7. The van der Waals surface area contributed by atoms with Gasteiger partial charge in [-0.1, -0.05) is 23.2 Å². The molecule has 2 unspecified atom stereocenters. The molecule has 2 aromatic rings. The summed E-state index contributed by atoms with van der Waals surface area (Å²) < 4.78 is 13.0. The molecule has 0 saturated carbocycles. The second kappa shape index (κ2) is 18.8. The monoisotopic (exact) mass is 856 g/mol. The molecule has 2 atom stereocenters. The molecule has 2 heterocycles. The predicted octanol–water partition coefficient (Wildman–Crippen LogP) is 6.99. The number of amides is 2. The number of benzene rings is 2. The van der Waals surface area contributed by atoms with Gasteiger partial charge in [-0.05, 0) is 148 Å². The zero-order valence-electron chi connectivity index (χ0n) is 28.7. The van der Waals surface area contributed by atoms with Gasteiger partial charge in [-0.25, -0.2) is 9.59 Å². The Hall–Kier alpha value is -2.48. The van der Waals surface area contributed by atoms with Crippen LogP contribution in [0.4, 0.5) is 11.4 Å². The third kappa shape index (κ3) is 10.5. The van der Waals surface area contributed by atoms with Crippen LogP contribution < -0.4 is 9.80 Å². The lowest BCUT2D eigenvalue weighted by molar-refractivity contribution is -0.156. The van der Waals surface area contributed by atoms with Crippen LogP contribution in [0, 0.1) is 11.8 Å². The van der Waals surface area contributed by atoms with Gasteiger partial charge in [0, 0.05) is 57.4 Å². The summed E-state index contributed by atoms with van der Waals surface area (Å²) in [6.07, 6.45) is 2.39. The molecule has 14 heteroatoms. The molecule has 50 heavy (non-hydrogen) atoms. The molecular weight excluding hydrogens is 815 g/mol. The summed E-state index contributed by atoms with van der Waals surface area (Å²) in [7, 11) is 4.01. The first-order valence-electron chi connectivity index (χ1n) is 16.8. The standard InChI is InChI=1S/C36H44Br2Cl2N4O6/c1-5-43(25-7-9-27(37)29(39)21-25)35(47)33(23-13-17-41(3)18-14-23)49-31(45)11-12-32(46)50-34(24-15-19-42(4)20-16-24)36(48)44(6-2)26-8-10-28(38)30(40)22-26/h7-12,21-24,33-34H,5-6,13-20H2,1-4H3/b12-11+. The van der Waals surface area contributed by atoms with Gasteiger partial charge in [0.05, 0.1) is 10.0 Å². The van der Waals surface area contributed by atoms with Crippen LogP contribution in [0.5, 0.6) is 0 Å². The third-order valence-electron chi connectivity index (χ3n) is 9.31. The molecule has 2 fully saturated rings. The van der Waals surface area contributed by atoms with Crippen LogP contribution in [0.2, 0.25) is 10.0 Å². The average molecular weight is 859 g/mol. The van der Waals surface area contributed by atoms with Crippen molar-refractivity contribution in [3.05, 3.63) is 67.5 Å². The summed E-state index contributed by atoms with van der Waals surface area (Å²) in [5.74, 6) is -2.89. The number of hydrogen-bond acceptors (Lipinski definition) is 8. The van der Waals surface area contributed by atoms with E-state index < -0.39 is 24.1 Å². The molecule has 272 valence electrons. The molecule has 2 amide bonds. The van der Waals surface area contributed by atoms with Crippen molar-refractivity contribution in [1.82, 2.24) is 9.80 Å². The van der Waals surface area contributed by atoms with Gasteiger partial charge in [0.25, 0.3) is 11.8 Å². The van der Waals surface area contributed by atoms with Crippen LogP contribution in [-0.4, -0.2) is 99.1 Å². The Morgan fingerprint density at radius 2 is 1.06 bits per heavy atom. The fraction of sp³-hybridized carbons (Fsp3) is 0.500. The van der Waals surface area contributed by atoms with Crippen molar-refractivity contribution in [2.24, 2.45) is 11.8 Å². The molecule has 0 bridgehead atoms. The Balaban J connectivity index is 1.52. The van der Waals surface area contributed by atoms with Gasteiger partial charge in [0.2, 0.25) is 0 Å². The lowest BCUT2D eigenvalue weighted by Crippen LogP contribution is -2.48. The van der Waals surface area contributed by atoms with Crippen molar-refractivity contribution in [2.45, 2.75) is 51.7 Å². The molecule has 2 saturated heterocycles. The van der Waals surface area contributed by atoms with Crippen molar-refractivity contribution in [1.29, 1.82) is 0 Å². The summed E-state index contributed by atoms with van der Waals surface area (Å²) in [5, 5.41) is 0.894. The molecule has 0 aromatic heterocycles. The predicted molar refractivity (Wildman–Crippen MR) is 204 cm³/mol. The van der Waals surface area contributed by atoms with Crippen molar-refractivity contribution < 1.29 is 28.7 Å². The van der Waals surface area contributed by atoms with E-state index in [0.29, 0.717) is 69.1 Å². The van der Waals surface area contributed by atoms with Crippen LogP contribution in [0.15, 0.2) is 57.5 Å². The zero-order chi connectivity index (χ0) is 36.5. The Labute approximate surface area is 321 Å². The van der Waals surface area contributed by atoms with Gasteiger partial charge >= 0.3 is 11.9 Å². The lowest BCUT2D eigenvalue weighted by atomic mass is 9.90. The molecule has 2 aliphatic heterocycles. The third-order valence-corrected chi connectivity index (χ3v) is 11.8. The van der Waals surface area contributed by atoms with E-state index in [1.54, 1.807) is 46.2 Å². The first-order valence-corrected chi connectivity index (χ1v) is 19.2. The quantitative estimate of drug-likeness (QED) is 0.167. The van der Waals surface area contributed by atoms with Gasteiger partial charge in [-0.2, -0.15) is 0 Å². The van der Waals surface area contributed by atoms with Crippen molar-refractivity contribution in [3.63, 3.8) is 0 Å². The van der Waals surface area contributed by atoms with E-state index in [1.807, 2.05) is 27.9 Å². The fourth-order valence-electron chi connectivity index (χ4n) is 6.37. The van der Waals surface area contributed by atoms with Crippen LogP contribution >= 0.6 is 55.1 Å². The van der Waals surface area contributed by atoms with E-state index in [2.05, 4.69) is 41.7 Å². The van der Waals surface area contributed by atoms with E-state index in [-0.39, 0.29) is 23.7 Å². The summed E-state index contributed by atoms with van der Waals surface area (Å²) in [6, 6.07) is 10.4. The van der Waals surface area contributed by atoms with Crippen LogP contribution in [-0.2, 0) is 28.7 Å². The Kier molecular flexibility index (Phi) is 15.2. The van der Waals surface area contributed by atoms with E-state index in [9.17, 15) is 19.2 Å². The number of piperidine rings is 2. The average Bonchev–Trinajstić information content (AvgIpc) is 3.09. The highest BCUT2D eigenvalue weighted by Crippen LogP contribution is 2.32.